The van der Waals surface area contributed by atoms with Gasteiger partial charge in [-0.3, -0.25) is 0 Å². The number of halogens is 2. The molecule has 0 saturated carbocycles. The molecule has 0 aliphatic carbocycles. The fraction of sp³-hybridized carbons (Fsp3) is 0.545. The van der Waals surface area contributed by atoms with Crippen LogP contribution in [0, 0.1) is 11.6 Å². The van der Waals surface area contributed by atoms with Gasteiger partial charge < -0.3 is 10.2 Å². The number of nitrogens with one attached hydrogen (secondary N) is 1. The van der Waals surface area contributed by atoms with Gasteiger partial charge in [0.2, 0.25) is 0 Å². The lowest BCUT2D eigenvalue weighted by molar-refractivity contribution is 0.544. The van der Waals surface area contributed by atoms with Gasteiger partial charge in [0.1, 0.15) is 0 Å². The summed E-state index contributed by atoms with van der Waals surface area (Å²) in [5.74, 6) is -1.75. The van der Waals surface area contributed by atoms with Gasteiger partial charge in [-0.1, -0.05) is 0 Å². The molecule has 1 N–H and O–H groups in total. The molecule has 8 heteroatoms. The van der Waals surface area contributed by atoms with Crippen molar-refractivity contribution in [2.24, 2.45) is 0 Å². The van der Waals surface area contributed by atoms with E-state index in [1.165, 1.54) is 7.05 Å². The Labute approximate surface area is 110 Å². The second-order valence-corrected chi connectivity index (χ2v) is 6.76. The van der Waals surface area contributed by atoms with E-state index in [0.29, 0.717) is 0 Å². The van der Waals surface area contributed by atoms with Crippen LogP contribution in [0.5, 0.6) is 0 Å². The predicted octanol–water partition coefficient (Wildman–Crippen LogP) is 1.02. The monoisotopic (exact) mass is 291 g/mol. The van der Waals surface area contributed by atoms with Crippen LogP contribution in [0.1, 0.15) is 6.92 Å². The normalized spacial score (nSPS) is 22.3. The molecular weight excluding hydrogens is 276 g/mol. The highest BCUT2D eigenvalue weighted by atomic mass is 32.2. The summed E-state index contributed by atoms with van der Waals surface area (Å²) in [6, 6.07) is 0.361. The van der Waals surface area contributed by atoms with Gasteiger partial charge in [0.25, 0.3) is 0 Å². The van der Waals surface area contributed by atoms with E-state index in [1.807, 2.05) is 0 Å². The molecule has 1 aromatic heterocycles. The minimum absolute atomic E-state index is 0.0202. The third-order valence-corrected chi connectivity index (χ3v) is 4.89. The van der Waals surface area contributed by atoms with E-state index < -0.39 is 27.5 Å². The lowest BCUT2D eigenvalue weighted by Crippen LogP contribution is -2.47. The summed E-state index contributed by atoms with van der Waals surface area (Å²) in [6.45, 7) is 1.84. The number of nitrogens with zero attached hydrogens (tertiary/aromatic N) is 2. The maximum absolute atomic E-state index is 13.8. The standard InChI is InChI=1S/C11H15F2N3O2S/c1-7-6-19(17,18)4-3-16(7)11-9(13)5-8(12)10(14-2)15-11/h5,7H,3-4,6H2,1-2H3,(H,14,15). The summed E-state index contributed by atoms with van der Waals surface area (Å²) < 4.78 is 50.1. The van der Waals surface area contributed by atoms with Crippen molar-refractivity contribution in [2.45, 2.75) is 13.0 Å². The van der Waals surface area contributed by atoms with Gasteiger partial charge in [0.05, 0.1) is 11.5 Å². The smallest absolute Gasteiger partial charge is 0.168 e. The van der Waals surface area contributed by atoms with Crippen LogP contribution >= 0.6 is 0 Å². The van der Waals surface area contributed by atoms with Gasteiger partial charge in [0, 0.05) is 25.7 Å². The van der Waals surface area contributed by atoms with Crippen LogP contribution in [0.2, 0.25) is 0 Å². The summed E-state index contributed by atoms with van der Waals surface area (Å²) in [5.41, 5.74) is 0. The Morgan fingerprint density at radius 1 is 1.42 bits per heavy atom. The second kappa shape index (κ2) is 4.92. The second-order valence-electron chi connectivity index (χ2n) is 4.53. The van der Waals surface area contributed by atoms with Crippen LogP contribution in [0.15, 0.2) is 6.07 Å². The van der Waals surface area contributed by atoms with Crippen LogP contribution in [-0.2, 0) is 9.84 Å². The molecule has 1 aliphatic heterocycles. The Bertz CT molecular complexity index is 592. The fourth-order valence-corrected chi connectivity index (χ4v) is 3.70. The average molecular weight is 291 g/mol. The molecule has 2 rings (SSSR count). The van der Waals surface area contributed by atoms with Crippen molar-refractivity contribution in [3.05, 3.63) is 17.7 Å². The molecule has 0 aromatic carbocycles. The highest BCUT2D eigenvalue weighted by molar-refractivity contribution is 7.91. The average Bonchev–Trinajstić information content (AvgIpc) is 2.29. The number of sulfone groups is 1. The largest absolute Gasteiger partial charge is 0.371 e. The third-order valence-electron chi connectivity index (χ3n) is 3.09. The van der Waals surface area contributed by atoms with Gasteiger partial charge >= 0.3 is 0 Å². The maximum atomic E-state index is 13.8. The molecule has 1 atom stereocenters. The first-order valence-electron chi connectivity index (χ1n) is 5.85. The van der Waals surface area contributed by atoms with Crippen molar-refractivity contribution in [1.29, 1.82) is 0 Å². The molecule has 19 heavy (non-hydrogen) atoms. The number of rotatable bonds is 2. The van der Waals surface area contributed by atoms with E-state index in [2.05, 4.69) is 10.3 Å². The zero-order valence-electron chi connectivity index (χ0n) is 10.7. The lowest BCUT2D eigenvalue weighted by Gasteiger charge is -2.34. The molecule has 1 aliphatic rings. The Balaban J connectivity index is 2.37. The van der Waals surface area contributed by atoms with Crippen molar-refractivity contribution >= 4 is 21.5 Å². The zero-order valence-corrected chi connectivity index (χ0v) is 11.5. The molecule has 5 nitrogen and oxygen atoms in total. The number of aromatic nitrogens is 1. The Hall–Kier alpha value is -1.44. The van der Waals surface area contributed by atoms with Crippen LogP contribution in [0.25, 0.3) is 0 Å². The maximum Gasteiger partial charge on any atom is 0.168 e. The summed E-state index contributed by atoms with van der Waals surface area (Å²) in [4.78, 5) is 5.43. The first-order chi connectivity index (χ1) is 8.84. The van der Waals surface area contributed by atoms with Gasteiger partial charge in [-0.15, -0.1) is 0 Å². The van der Waals surface area contributed by atoms with Crippen molar-refractivity contribution < 1.29 is 17.2 Å². The topological polar surface area (TPSA) is 62.3 Å². The zero-order chi connectivity index (χ0) is 14.2. The Morgan fingerprint density at radius 2 is 2.11 bits per heavy atom. The minimum atomic E-state index is -3.09. The van der Waals surface area contributed by atoms with E-state index in [1.54, 1.807) is 11.8 Å². The van der Waals surface area contributed by atoms with Gasteiger partial charge in [-0.05, 0) is 6.92 Å². The van der Waals surface area contributed by atoms with Crippen molar-refractivity contribution in [3.63, 3.8) is 0 Å². The fourth-order valence-electron chi connectivity index (χ4n) is 2.15. The predicted molar refractivity (Wildman–Crippen MR) is 69.2 cm³/mol. The molecule has 0 radical (unpaired) electrons. The SMILES string of the molecule is CNc1nc(N2CCS(=O)(=O)CC2C)c(F)cc1F. The third kappa shape index (κ3) is 2.78. The van der Waals surface area contributed by atoms with Crippen LogP contribution < -0.4 is 10.2 Å². The van der Waals surface area contributed by atoms with E-state index in [9.17, 15) is 17.2 Å². The number of pyridine rings is 1. The molecule has 1 fully saturated rings. The molecule has 106 valence electrons. The van der Waals surface area contributed by atoms with Crippen molar-refractivity contribution in [2.75, 3.05) is 35.3 Å². The van der Waals surface area contributed by atoms with Crippen LogP contribution in [-0.4, -0.2) is 44.5 Å². The minimum Gasteiger partial charge on any atom is -0.371 e. The molecule has 1 aromatic rings. The lowest BCUT2D eigenvalue weighted by atomic mass is 10.3. The molecule has 2 heterocycles. The summed E-state index contributed by atoms with van der Waals surface area (Å²) in [5, 5.41) is 2.54. The summed E-state index contributed by atoms with van der Waals surface area (Å²) >= 11 is 0. The number of hydrogen-bond donors (Lipinski definition) is 1. The number of hydrogen-bond acceptors (Lipinski definition) is 5. The van der Waals surface area contributed by atoms with Crippen molar-refractivity contribution in [3.8, 4) is 0 Å². The highest BCUT2D eigenvalue weighted by Crippen LogP contribution is 2.26. The first kappa shape index (κ1) is 14.0. The molecule has 0 amide bonds. The Morgan fingerprint density at radius 3 is 2.68 bits per heavy atom. The van der Waals surface area contributed by atoms with E-state index in [-0.39, 0.29) is 29.7 Å². The van der Waals surface area contributed by atoms with E-state index in [4.69, 9.17) is 0 Å². The molecular formula is C11H15F2N3O2S. The van der Waals surface area contributed by atoms with Crippen LogP contribution in [0.3, 0.4) is 0 Å². The highest BCUT2D eigenvalue weighted by Gasteiger charge is 2.31. The van der Waals surface area contributed by atoms with Gasteiger partial charge in [-0.25, -0.2) is 22.2 Å². The van der Waals surface area contributed by atoms with Crippen molar-refractivity contribution in [1.82, 2.24) is 4.98 Å². The molecule has 1 unspecified atom stereocenters. The molecule has 1 saturated heterocycles. The van der Waals surface area contributed by atoms with Gasteiger partial charge in [-0.2, -0.15) is 0 Å². The first-order valence-corrected chi connectivity index (χ1v) is 7.67. The quantitative estimate of drug-likeness (QED) is 0.881. The van der Waals surface area contributed by atoms with Crippen LogP contribution in [0.4, 0.5) is 20.4 Å². The summed E-state index contributed by atoms with van der Waals surface area (Å²) in [6.07, 6.45) is 0. The molecule has 0 spiro atoms. The number of anilines is 2. The van der Waals surface area contributed by atoms with Gasteiger partial charge in [0.15, 0.2) is 33.1 Å². The molecule has 0 bridgehead atoms. The van der Waals surface area contributed by atoms with E-state index in [0.717, 1.165) is 6.07 Å². The Kier molecular flexibility index (Phi) is 3.62. The summed E-state index contributed by atoms with van der Waals surface area (Å²) in [7, 11) is -1.61. The van der Waals surface area contributed by atoms with E-state index >= 15 is 0 Å².